The highest BCUT2D eigenvalue weighted by Crippen LogP contribution is 2.28. The van der Waals surface area contributed by atoms with Crippen molar-refractivity contribution < 1.29 is 9.53 Å². The van der Waals surface area contributed by atoms with Crippen LogP contribution in [0, 0.1) is 13.8 Å². The van der Waals surface area contributed by atoms with E-state index in [1.807, 2.05) is 0 Å². The van der Waals surface area contributed by atoms with Gasteiger partial charge in [0.2, 0.25) is 0 Å². The molecule has 0 saturated carbocycles. The third-order valence-electron chi connectivity index (χ3n) is 2.47. The molecule has 0 fully saturated rings. The highest BCUT2D eigenvalue weighted by atomic mass is 79.9. The highest BCUT2D eigenvalue weighted by Gasteiger charge is 2.17. The van der Waals surface area contributed by atoms with E-state index in [-0.39, 0.29) is 10.8 Å². The number of carbonyl (C=O) groups is 1. The summed E-state index contributed by atoms with van der Waals surface area (Å²) in [6.07, 6.45) is -0.629. The van der Waals surface area contributed by atoms with E-state index in [2.05, 4.69) is 21.0 Å². The van der Waals surface area contributed by atoms with Crippen LogP contribution in [0.1, 0.15) is 11.4 Å². The average molecular weight is 364 g/mol. The van der Waals surface area contributed by atoms with E-state index >= 15 is 0 Å². The van der Waals surface area contributed by atoms with Gasteiger partial charge in [0.1, 0.15) is 0 Å². The van der Waals surface area contributed by atoms with Gasteiger partial charge >= 0.3 is 6.09 Å². The lowest BCUT2D eigenvalue weighted by Gasteiger charge is -2.07. The summed E-state index contributed by atoms with van der Waals surface area (Å²) in [4.78, 5) is 12.0. The summed E-state index contributed by atoms with van der Waals surface area (Å²) in [6, 6.07) is 4.62. The molecule has 2 aromatic rings. The first kappa shape index (κ1) is 14.4. The Hall–Kier alpha value is -1.04. The zero-order valence-electron chi connectivity index (χ0n) is 10.1. The van der Waals surface area contributed by atoms with Crippen molar-refractivity contribution in [1.82, 2.24) is 9.78 Å². The van der Waals surface area contributed by atoms with Crippen molar-refractivity contribution in [1.29, 1.82) is 0 Å². The quantitative estimate of drug-likeness (QED) is 0.742. The van der Waals surface area contributed by atoms with Gasteiger partial charge in [0.15, 0.2) is 5.75 Å². The summed E-state index contributed by atoms with van der Waals surface area (Å²) < 4.78 is 7.13. The van der Waals surface area contributed by atoms with Gasteiger partial charge in [0.05, 0.1) is 20.9 Å². The number of halogens is 3. The molecule has 0 saturated heterocycles. The van der Waals surface area contributed by atoms with E-state index in [0.717, 1.165) is 4.47 Å². The molecule has 1 heterocycles. The molecule has 0 aliphatic rings. The number of nitrogens with zero attached hydrogens (tertiary/aromatic N) is 2. The second kappa shape index (κ2) is 5.53. The number of hydrogen-bond acceptors (Lipinski definition) is 3. The van der Waals surface area contributed by atoms with E-state index in [4.69, 9.17) is 27.9 Å². The number of aromatic nitrogens is 2. The van der Waals surface area contributed by atoms with Gasteiger partial charge < -0.3 is 4.74 Å². The van der Waals surface area contributed by atoms with Crippen molar-refractivity contribution in [2.75, 3.05) is 0 Å². The zero-order valence-corrected chi connectivity index (χ0v) is 13.2. The molecule has 100 valence electrons. The van der Waals surface area contributed by atoms with Crippen molar-refractivity contribution in [3.63, 3.8) is 0 Å². The number of carbonyl (C=O) groups excluding carboxylic acids is 1. The molecule has 7 heteroatoms. The monoisotopic (exact) mass is 362 g/mol. The molecule has 0 atom stereocenters. The Morgan fingerprint density at radius 3 is 2.58 bits per heavy atom. The van der Waals surface area contributed by atoms with Gasteiger partial charge in [-0.05, 0) is 48.0 Å². The fourth-order valence-corrected chi connectivity index (χ4v) is 2.19. The van der Waals surface area contributed by atoms with Crippen LogP contribution in [0.25, 0.3) is 0 Å². The van der Waals surface area contributed by atoms with E-state index in [1.54, 1.807) is 19.9 Å². The summed E-state index contributed by atoms with van der Waals surface area (Å²) in [5.74, 6) is 0.236. The normalized spacial score (nSPS) is 10.6. The third-order valence-corrected chi connectivity index (χ3v) is 4.15. The first-order valence-corrected chi connectivity index (χ1v) is 6.84. The minimum atomic E-state index is -0.629. The summed E-state index contributed by atoms with van der Waals surface area (Å²) in [7, 11) is 0. The molecular formula is C12H9BrCl2N2O2. The smallest absolute Gasteiger partial charge is 0.407 e. The number of benzene rings is 1. The topological polar surface area (TPSA) is 44.1 Å². The molecule has 0 N–H and O–H groups in total. The molecule has 4 nitrogen and oxygen atoms in total. The number of aryl methyl sites for hydroxylation is 1. The predicted octanol–water partition coefficient (Wildman–Crippen LogP) is 4.62. The van der Waals surface area contributed by atoms with Gasteiger partial charge in [-0.1, -0.05) is 23.2 Å². The molecule has 19 heavy (non-hydrogen) atoms. The largest absolute Gasteiger partial charge is 0.440 e. The molecule has 0 bridgehead atoms. The van der Waals surface area contributed by atoms with Gasteiger partial charge in [0.25, 0.3) is 0 Å². The summed E-state index contributed by atoms with van der Waals surface area (Å²) in [6.45, 7) is 3.55. The Morgan fingerprint density at radius 1 is 1.37 bits per heavy atom. The Labute approximate surface area is 128 Å². The van der Waals surface area contributed by atoms with Gasteiger partial charge in [-0.15, -0.1) is 0 Å². The summed E-state index contributed by atoms with van der Waals surface area (Å²) in [5.41, 5.74) is 1.37. The van der Waals surface area contributed by atoms with Crippen LogP contribution in [0.4, 0.5) is 4.79 Å². The SMILES string of the molecule is Cc1nn(C(=O)Oc2ccc(Cl)cc2Cl)c(C)c1Br. The fourth-order valence-electron chi connectivity index (χ4n) is 1.50. The standard InChI is InChI=1S/C12H9BrCl2N2O2/c1-6-11(13)7(2)17(16-6)12(18)19-10-4-3-8(14)5-9(10)15/h3-5H,1-2H3. The second-order valence-electron chi connectivity index (χ2n) is 3.84. The lowest BCUT2D eigenvalue weighted by Crippen LogP contribution is -2.19. The molecule has 0 aliphatic heterocycles. The van der Waals surface area contributed by atoms with E-state index in [0.29, 0.717) is 16.4 Å². The molecule has 2 rings (SSSR count). The van der Waals surface area contributed by atoms with Crippen molar-refractivity contribution >= 4 is 45.2 Å². The number of hydrogen-bond donors (Lipinski definition) is 0. The van der Waals surface area contributed by atoms with Crippen LogP contribution in [0.3, 0.4) is 0 Å². The Morgan fingerprint density at radius 2 is 2.05 bits per heavy atom. The molecule has 0 unspecified atom stereocenters. The first-order chi connectivity index (χ1) is 8.90. The van der Waals surface area contributed by atoms with E-state index in [1.165, 1.54) is 16.8 Å². The van der Waals surface area contributed by atoms with Crippen molar-refractivity contribution in [3.05, 3.63) is 44.1 Å². The maximum absolute atomic E-state index is 12.0. The zero-order chi connectivity index (χ0) is 14.2. The van der Waals surface area contributed by atoms with Gasteiger partial charge in [-0.2, -0.15) is 9.78 Å². The van der Waals surface area contributed by atoms with Crippen LogP contribution in [0.5, 0.6) is 5.75 Å². The highest BCUT2D eigenvalue weighted by molar-refractivity contribution is 9.10. The van der Waals surface area contributed by atoms with E-state index < -0.39 is 6.09 Å². The van der Waals surface area contributed by atoms with Crippen LogP contribution in [0.2, 0.25) is 10.0 Å². The Kier molecular flexibility index (Phi) is 4.18. The predicted molar refractivity (Wildman–Crippen MR) is 77.3 cm³/mol. The van der Waals surface area contributed by atoms with Crippen molar-refractivity contribution in [2.45, 2.75) is 13.8 Å². The lowest BCUT2D eigenvalue weighted by molar-refractivity contribution is 0.198. The second-order valence-corrected chi connectivity index (χ2v) is 5.48. The van der Waals surface area contributed by atoms with Crippen molar-refractivity contribution in [3.8, 4) is 5.75 Å². The van der Waals surface area contributed by atoms with Crippen LogP contribution in [-0.4, -0.2) is 15.9 Å². The Balaban J connectivity index is 2.28. The maximum atomic E-state index is 12.0. The molecular weight excluding hydrogens is 355 g/mol. The van der Waals surface area contributed by atoms with Crippen LogP contribution < -0.4 is 4.74 Å². The molecule has 0 spiro atoms. The minimum Gasteiger partial charge on any atom is -0.407 e. The van der Waals surface area contributed by atoms with Gasteiger partial charge in [0, 0.05) is 5.02 Å². The molecule has 0 aliphatic carbocycles. The summed E-state index contributed by atoms with van der Waals surface area (Å²) in [5, 5.41) is 4.82. The third kappa shape index (κ3) is 2.94. The summed E-state index contributed by atoms with van der Waals surface area (Å²) >= 11 is 15.1. The Bertz CT molecular complexity index is 655. The lowest BCUT2D eigenvalue weighted by atomic mass is 10.3. The van der Waals surface area contributed by atoms with Crippen LogP contribution in [0.15, 0.2) is 22.7 Å². The van der Waals surface area contributed by atoms with Gasteiger partial charge in [-0.3, -0.25) is 0 Å². The first-order valence-electron chi connectivity index (χ1n) is 5.29. The average Bonchev–Trinajstić information content (AvgIpc) is 2.60. The molecule has 0 radical (unpaired) electrons. The fraction of sp³-hybridized carbons (Fsp3) is 0.167. The number of rotatable bonds is 1. The molecule has 1 aromatic carbocycles. The molecule has 1 aromatic heterocycles. The van der Waals surface area contributed by atoms with E-state index in [9.17, 15) is 4.79 Å². The minimum absolute atomic E-state index is 0.236. The molecule has 0 amide bonds. The van der Waals surface area contributed by atoms with Crippen LogP contribution >= 0.6 is 39.1 Å². The maximum Gasteiger partial charge on any atom is 0.440 e. The van der Waals surface area contributed by atoms with Crippen molar-refractivity contribution in [2.24, 2.45) is 0 Å². The van der Waals surface area contributed by atoms with Crippen LogP contribution in [-0.2, 0) is 0 Å². The number of ether oxygens (including phenoxy) is 1. The van der Waals surface area contributed by atoms with Gasteiger partial charge in [-0.25, -0.2) is 4.79 Å².